The molecule has 1 aromatic carbocycles. The number of para-hydroxylation sites is 2. The summed E-state index contributed by atoms with van der Waals surface area (Å²) in [6, 6.07) is 8.73. The van der Waals surface area contributed by atoms with Gasteiger partial charge in [-0.2, -0.15) is 0 Å². The predicted octanol–water partition coefficient (Wildman–Crippen LogP) is 3.67. The van der Waals surface area contributed by atoms with Crippen LogP contribution in [0.5, 0.6) is 5.75 Å². The topological polar surface area (TPSA) is 42.4 Å². The first-order valence-corrected chi connectivity index (χ1v) is 6.52. The highest BCUT2D eigenvalue weighted by Crippen LogP contribution is 2.28. The molecule has 0 spiro atoms. The number of rotatable bonds is 3. The van der Waals surface area contributed by atoms with Gasteiger partial charge in [0.1, 0.15) is 10.9 Å². The van der Waals surface area contributed by atoms with Crippen molar-refractivity contribution < 1.29 is 9.53 Å². The van der Waals surface area contributed by atoms with Crippen molar-refractivity contribution in [3.63, 3.8) is 0 Å². The van der Waals surface area contributed by atoms with E-state index in [4.69, 9.17) is 27.9 Å². The molecule has 0 bridgehead atoms. The molecule has 1 amide bonds. The monoisotopic (exact) mass is 310 g/mol. The van der Waals surface area contributed by atoms with Gasteiger partial charge in [-0.05, 0) is 18.2 Å². The Bertz CT molecular complexity index is 647. The van der Waals surface area contributed by atoms with Crippen molar-refractivity contribution in [2.45, 2.75) is 0 Å². The molecule has 104 valence electrons. The van der Waals surface area contributed by atoms with Crippen LogP contribution in [0.15, 0.2) is 36.5 Å². The molecule has 0 aliphatic rings. The maximum Gasteiger partial charge on any atom is 0.259 e. The van der Waals surface area contributed by atoms with E-state index in [2.05, 4.69) is 4.98 Å². The van der Waals surface area contributed by atoms with E-state index >= 15 is 0 Å². The molecule has 0 fully saturated rings. The van der Waals surface area contributed by atoms with Crippen LogP contribution in [-0.2, 0) is 0 Å². The molecule has 0 N–H and O–H groups in total. The molecule has 1 aromatic heterocycles. The molecule has 4 nitrogen and oxygen atoms in total. The molecule has 2 aromatic rings. The molecule has 0 radical (unpaired) electrons. The largest absolute Gasteiger partial charge is 0.495 e. The summed E-state index contributed by atoms with van der Waals surface area (Å²) < 4.78 is 5.24. The van der Waals surface area contributed by atoms with Gasteiger partial charge in [-0.15, -0.1) is 0 Å². The second kappa shape index (κ2) is 6.11. The van der Waals surface area contributed by atoms with Crippen LogP contribution in [0.25, 0.3) is 0 Å². The Hall–Kier alpha value is -1.78. The number of anilines is 1. The highest BCUT2D eigenvalue weighted by atomic mass is 35.5. The number of hydrogen-bond acceptors (Lipinski definition) is 3. The normalized spacial score (nSPS) is 10.2. The maximum atomic E-state index is 12.4. The molecule has 0 unspecified atom stereocenters. The van der Waals surface area contributed by atoms with E-state index < -0.39 is 0 Å². The summed E-state index contributed by atoms with van der Waals surface area (Å²) in [4.78, 5) is 17.8. The van der Waals surface area contributed by atoms with Crippen LogP contribution in [0.2, 0.25) is 10.2 Å². The first-order chi connectivity index (χ1) is 9.54. The average molecular weight is 311 g/mol. The first-order valence-electron chi connectivity index (χ1n) is 5.76. The molecule has 20 heavy (non-hydrogen) atoms. The third-order valence-electron chi connectivity index (χ3n) is 2.79. The second-order valence-corrected chi connectivity index (χ2v) is 4.80. The van der Waals surface area contributed by atoms with Gasteiger partial charge in [0.15, 0.2) is 0 Å². The Balaban J connectivity index is 2.34. The number of benzene rings is 1. The zero-order valence-electron chi connectivity index (χ0n) is 10.9. The Labute approximate surface area is 126 Å². The van der Waals surface area contributed by atoms with Crippen molar-refractivity contribution in [1.29, 1.82) is 0 Å². The molecule has 0 saturated heterocycles. The number of nitrogens with zero attached hydrogens (tertiary/aromatic N) is 2. The van der Waals surface area contributed by atoms with E-state index in [0.29, 0.717) is 17.0 Å². The van der Waals surface area contributed by atoms with Crippen LogP contribution in [-0.4, -0.2) is 25.0 Å². The number of amides is 1. The number of hydrogen-bond donors (Lipinski definition) is 0. The van der Waals surface area contributed by atoms with Gasteiger partial charge in [-0.25, -0.2) is 4.98 Å². The van der Waals surface area contributed by atoms with Crippen LogP contribution in [0.1, 0.15) is 10.4 Å². The van der Waals surface area contributed by atoms with Crippen molar-refractivity contribution >= 4 is 34.8 Å². The third-order valence-corrected chi connectivity index (χ3v) is 3.48. The third kappa shape index (κ3) is 2.86. The van der Waals surface area contributed by atoms with Gasteiger partial charge in [0.2, 0.25) is 0 Å². The quantitative estimate of drug-likeness (QED) is 0.812. The van der Waals surface area contributed by atoms with Gasteiger partial charge < -0.3 is 9.64 Å². The van der Waals surface area contributed by atoms with E-state index in [1.54, 1.807) is 26.3 Å². The summed E-state index contributed by atoms with van der Waals surface area (Å²) in [5.74, 6) is 0.358. The Morgan fingerprint density at radius 3 is 2.65 bits per heavy atom. The number of aromatic nitrogens is 1. The fourth-order valence-corrected chi connectivity index (χ4v) is 2.02. The van der Waals surface area contributed by atoms with E-state index in [-0.39, 0.29) is 16.1 Å². The lowest BCUT2D eigenvalue weighted by molar-refractivity contribution is 0.0992. The fourth-order valence-electron chi connectivity index (χ4n) is 1.75. The first kappa shape index (κ1) is 14.6. The predicted molar refractivity (Wildman–Crippen MR) is 80.0 cm³/mol. The highest BCUT2D eigenvalue weighted by Gasteiger charge is 2.18. The average Bonchev–Trinajstić information content (AvgIpc) is 2.48. The molecular formula is C14H12Cl2N2O2. The molecule has 6 heteroatoms. The van der Waals surface area contributed by atoms with Gasteiger partial charge in [0.25, 0.3) is 5.91 Å². The lowest BCUT2D eigenvalue weighted by atomic mass is 10.2. The minimum Gasteiger partial charge on any atom is -0.495 e. The van der Waals surface area contributed by atoms with E-state index in [0.717, 1.165) is 0 Å². The Kier molecular flexibility index (Phi) is 4.47. The number of pyridine rings is 1. The summed E-state index contributed by atoms with van der Waals surface area (Å²) in [6.07, 6.45) is 1.39. The molecule has 0 aliphatic heterocycles. The number of carbonyl (C=O) groups excluding carboxylic acids is 1. The maximum absolute atomic E-state index is 12.4. The minimum absolute atomic E-state index is 0.170. The zero-order valence-corrected chi connectivity index (χ0v) is 12.4. The van der Waals surface area contributed by atoms with Crippen LogP contribution in [0.3, 0.4) is 0 Å². The SMILES string of the molecule is COc1ccccc1N(C)C(=O)c1cnc(Cl)c(Cl)c1. The second-order valence-electron chi connectivity index (χ2n) is 4.03. The van der Waals surface area contributed by atoms with E-state index in [1.165, 1.54) is 17.2 Å². The van der Waals surface area contributed by atoms with Crippen LogP contribution < -0.4 is 9.64 Å². The lowest BCUT2D eigenvalue weighted by Gasteiger charge is -2.19. The van der Waals surface area contributed by atoms with Crippen LogP contribution in [0.4, 0.5) is 5.69 Å². The molecule has 2 rings (SSSR count). The van der Waals surface area contributed by atoms with Crippen LogP contribution >= 0.6 is 23.2 Å². The van der Waals surface area contributed by atoms with Crippen molar-refractivity contribution in [3.05, 3.63) is 52.3 Å². The molecule has 0 saturated carbocycles. The zero-order chi connectivity index (χ0) is 14.7. The summed E-state index contributed by atoms with van der Waals surface area (Å²) in [7, 11) is 3.21. The summed E-state index contributed by atoms with van der Waals surface area (Å²) in [5, 5.41) is 0.411. The lowest BCUT2D eigenvalue weighted by Crippen LogP contribution is -2.26. The standard InChI is InChI=1S/C14H12Cl2N2O2/c1-18(11-5-3-4-6-12(11)20-2)14(19)9-7-10(15)13(16)17-8-9/h3-8H,1-2H3. The number of ether oxygens (including phenoxy) is 1. The van der Waals surface area contributed by atoms with E-state index in [9.17, 15) is 4.79 Å². The van der Waals surface area contributed by atoms with Gasteiger partial charge in [-0.1, -0.05) is 35.3 Å². The number of carbonyl (C=O) groups is 1. The minimum atomic E-state index is -0.249. The number of halogens is 2. The van der Waals surface area contributed by atoms with Crippen molar-refractivity contribution in [2.75, 3.05) is 19.1 Å². The summed E-state index contributed by atoms with van der Waals surface area (Å²) >= 11 is 11.6. The van der Waals surface area contributed by atoms with Gasteiger partial charge >= 0.3 is 0 Å². The Morgan fingerprint density at radius 1 is 1.30 bits per heavy atom. The van der Waals surface area contributed by atoms with Gasteiger partial charge in [0.05, 0.1) is 23.4 Å². The van der Waals surface area contributed by atoms with Crippen molar-refractivity contribution in [3.8, 4) is 5.75 Å². The molecule has 0 aliphatic carbocycles. The molecule has 0 atom stereocenters. The Morgan fingerprint density at radius 2 is 2.00 bits per heavy atom. The molecule has 1 heterocycles. The smallest absolute Gasteiger partial charge is 0.259 e. The fraction of sp³-hybridized carbons (Fsp3) is 0.143. The number of methoxy groups -OCH3 is 1. The van der Waals surface area contributed by atoms with Crippen molar-refractivity contribution in [1.82, 2.24) is 4.98 Å². The summed E-state index contributed by atoms with van der Waals surface area (Å²) in [5.41, 5.74) is 1.01. The van der Waals surface area contributed by atoms with Crippen molar-refractivity contribution in [2.24, 2.45) is 0 Å². The highest BCUT2D eigenvalue weighted by molar-refractivity contribution is 6.41. The van der Waals surface area contributed by atoms with Gasteiger partial charge in [-0.3, -0.25) is 4.79 Å². The van der Waals surface area contributed by atoms with Gasteiger partial charge in [0, 0.05) is 13.2 Å². The summed E-state index contributed by atoms with van der Waals surface area (Å²) in [6.45, 7) is 0. The van der Waals surface area contributed by atoms with Crippen LogP contribution in [0, 0.1) is 0 Å². The molecular weight excluding hydrogens is 299 g/mol. The van der Waals surface area contributed by atoms with E-state index in [1.807, 2.05) is 12.1 Å².